The van der Waals surface area contributed by atoms with Crippen molar-refractivity contribution in [3.8, 4) is 5.69 Å². The number of nitrogens with one attached hydrogen (secondary N) is 1. The van der Waals surface area contributed by atoms with E-state index in [4.69, 9.17) is 11.6 Å². The predicted octanol–water partition coefficient (Wildman–Crippen LogP) is 5.43. The maximum absolute atomic E-state index is 14.0. The minimum Gasteiger partial charge on any atom is -0.343 e. The summed E-state index contributed by atoms with van der Waals surface area (Å²) in [6.07, 6.45) is 12.0. The second-order valence-electron chi connectivity index (χ2n) is 9.66. The number of aryl methyl sites for hydroxylation is 1. The van der Waals surface area contributed by atoms with Gasteiger partial charge in [-0.05, 0) is 77.6 Å². The van der Waals surface area contributed by atoms with Crippen LogP contribution in [0.4, 0.5) is 4.39 Å². The number of halogens is 2. The van der Waals surface area contributed by atoms with Crippen LogP contribution in [-0.4, -0.2) is 37.9 Å². The summed E-state index contributed by atoms with van der Waals surface area (Å²) in [6.45, 7) is 1.69. The van der Waals surface area contributed by atoms with Gasteiger partial charge >= 0.3 is 0 Å². The van der Waals surface area contributed by atoms with Crippen molar-refractivity contribution in [3.05, 3.63) is 76.3 Å². The SMILES string of the molecule is Cc1ccc(CC(=O)[C@H](CCC2CCCCC2)NC(=O)/C=C/c2cc(Cl)ccc2-n2cnnn2)cc1F. The molecule has 0 saturated heterocycles. The number of carbonyl (C=O) groups excluding carboxylic acids is 2. The summed E-state index contributed by atoms with van der Waals surface area (Å²) >= 11 is 6.17. The van der Waals surface area contributed by atoms with Crippen LogP contribution in [0.2, 0.25) is 5.02 Å². The molecule has 0 unspecified atom stereocenters. The molecular weight excluding hydrogens is 493 g/mol. The van der Waals surface area contributed by atoms with Gasteiger partial charge in [0.15, 0.2) is 5.78 Å². The molecule has 1 heterocycles. The first kappa shape index (κ1) is 26.7. The van der Waals surface area contributed by atoms with E-state index in [-0.39, 0.29) is 23.9 Å². The van der Waals surface area contributed by atoms with Crippen molar-refractivity contribution in [2.45, 2.75) is 64.3 Å². The Morgan fingerprint density at radius 3 is 2.73 bits per heavy atom. The lowest BCUT2D eigenvalue weighted by atomic mass is 9.84. The molecule has 2 aromatic carbocycles. The number of aromatic nitrogens is 4. The summed E-state index contributed by atoms with van der Waals surface area (Å²) in [7, 11) is 0. The van der Waals surface area contributed by atoms with E-state index < -0.39 is 6.04 Å². The zero-order chi connectivity index (χ0) is 26.2. The first-order chi connectivity index (χ1) is 17.9. The summed E-state index contributed by atoms with van der Waals surface area (Å²) in [5, 5.41) is 14.6. The fraction of sp³-hybridized carbons (Fsp3) is 0.393. The highest BCUT2D eigenvalue weighted by molar-refractivity contribution is 6.30. The maximum atomic E-state index is 14.0. The summed E-state index contributed by atoms with van der Waals surface area (Å²) in [6, 6.07) is 9.35. The van der Waals surface area contributed by atoms with Gasteiger partial charge in [0.2, 0.25) is 5.91 Å². The van der Waals surface area contributed by atoms with E-state index in [1.54, 1.807) is 43.3 Å². The number of rotatable bonds is 10. The Morgan fingerprint density at radius 1 is 1.19 bits per heavy atom. The number of nitrogens with zero attached hydrogens (tertiary/aromatic N) is 4. The molecule has 1 aromatic heterocycles. The first-order valence-corrected chi connectivity index (χ1v) is 13.1. The second-order valence-corrected chi connectivity index (χ2v) is 10.1. The van der Waals surface area contributed by atoms with Crippen LogP contribution in [0, 0.1) is 18.7 Å². The molecule has 0 aliphatic heterocycles. The highest BCUT2D eigenvalue weighted by Crippen LogP contribution is 2.28. The van der Waals surface area contributed by atoms with E-state index in [1.807, 2.05) is 0 Å². The van der Waals surface area contributed by atoms with Crippen molar-refractivity contribution in [2.75, 3.05) is 0 Å². The summed E-state index contributed by atoms with van der Waals surface area (Å²) in [4.78, 5) is 26.2. The molecule has 7 nitrogen and oxygen atoms in total. The normalized spacial score (nSPS) is 15.1. The Labute approximate surface area is 221 Å². The van der Waals surface area contributed by atoms with Crippen LogP contribution < -0.4 is 5.32 Å². The number of amides is 1. The lowest BCUT2D eigenvalue weighted by Crippen LogP contribution is -2.41. The van der Waals surface area contributed by atoms with Gasteiger partial charge in [0.1, 0.15) is 12.1 Å². The van der Waals surface area contributed by atoms with Crippen molar-refractivity contribution < 1.29 is 14.0 Å². The Balaban J connectivity index is 1.47. The molecule has 1 amide bonds. The van der Waals surface area contributed by atoms with Crippen LogP contribution in [0.3, 0.4) is 0 Å². The molecule has 1 fully saturated rings. The first-order valence-electron chi connectivity index (χ1n) is 12.7. The van der Waals surface area contributed by atoms with E-state index in [9.17, 15) is 14.0 Å². The minimum absolute atomic E-state index is 0.0638. The number of hydrogen-bond donors (Lipinski definition) is 1. The molecule has 1 saturated carbocycles. The molecule has 9 heteroatoms. The predicted molar refractivity (Wildman–Crippen MR) is 141 cm³/mol. The van der Waals surface area contributed by atoms with Crippen molar-refractivity contribution in [3.63, 3.8) is 0 Å². The van der Waals surface area contributed by atoms with Crippen LogP contribution >= 0.6 is 11.6 Å². The van der Waals surface area contributed by atoms with Crippen LogP contribution in [0.1, 0.15) is 61.6 Å². The molecule has 194 valence electrons. The molecule has 0 spiro atoms. The molecule has 4 rings (SSSR count). The van der Waals surface area contributed by atoms with Gasteiger partial charge in [-0.1, -0.05) is 55.8 Å². The standard InChI is InChI=1S/C28H31ClFN5O2/c1-19-7-8-21(15-24(19)30)16-27(36)25(12-9-20-5-3-2-4-6-20)32-28(37)14-10-22-17-23(29)11-13-26(22)35-18-31-33-34-35/h7-8,10-11,13-15,17-18,20,25H,2-6,9,12,16H2,1H3,(H,32,37)/b14-10+/t25-/m0/s1. The summed E-state index contributed by atoms with van der Waals surface area (Å²) in [5.74, 6) is -0.285. The van der Waals surface area contributed by atoms with Crippen molar-refractivity contribution >= 4 is 29.4 Å². The fourth-order valence-electron chi connectivity index (χ4n) is 4.79. The number of ketones is 1. The highest BCUT2D eigenvalue weighted by Gasteiger charge is 2.23. The van der Waals surface area contributed by atoms with E-state index >= 15 is 0 Å². The van der Waals surface area contributed by atoms with E-state index in [2.05, 4.69) is 20.8 Å². The van der Waals surface area contributed by atoms with Gasteiger partial charge in [0, 0.05) is 23.1 Å². The smallest absolute Gasteiger partial charge is 0.244 e. The third-order valence-electron chi connectivity index (χ3n) is 6.91. The molecule has 1 aliphatic rings. The van der Waals surface area contributed by atoms with Gasteiger partial charge in [-0.25, -0.2) is 4.39 Å². The average Bonchev–Trinajstić information content (AvgIpc) is 3.43. The Morgan fingerprint density at radius 2 is 2.00 bits per heavy atom. The number of hydrogen-bond acceptors (Lipinski definition) is 5. The van der Waals surface area contributed by atoms with E-state index in [0.717, 1.165) is 19.3 Å². The summed E-state index contributed by atoms with van der Waals surface area (Å²) < 4.78 is 15.5. The molecule has 0 radical (unpaired) electrons. The van der Waals surface area contributed by atoms with Gasteiger partial charge < -0.3 is 5.32 Å². The lowest BCUT2D eigenvalue weighted by Gasteiger charge is -2.24. The Hall–Kier alpha value is -3.39. The lowest BCUT2D eigenvalue weighted by molar-refractivity contribution is -0.125. The molecule has 1 atom stereocenters. The zero-order valence-corrected chi connectivity index (χ0v) is 21.6. The van der Waals surface area contributed by atoms with Crippen LogP contribution in [0.15, 0.2) is 48.8 Å². The number of benzene rings is 2. The topological polar surface area (TPSA) is 89.8 Å². The quantitative estimate of drug-likeness (QED) is 0.358. The van der Waals surface area contributed by atoms with Gasteiger partial charge in [0.05, 0.1) is 11.7 Å². The highest BCUT2D eigenvalue weighted by atomic mass is 35.5. The Bertz CT molecular complexity index is 1260. The third kappa shape index (κ3) is 7.55. The zero-order valence-electron chi connectivity index (χ0n) is 20.9. The number of carbonyl (C=O) groups is 2. The largest absolute Gasteiger partial charge is 0.343 e. The van der Waals surface area contributed by atoms with Gasteiger partial charge in [-0.15, -0.1) is 5.10 Å². The van der Waals surface area contributed by atoms with Crippen molar-refractivity contribution in [1.29, 1.82) is 0 Å². The number of tetrazole rings is 1. The van der Waals surface area contributed by atoms with Gasteiger partial charge in [0.25, 0.3) is 0 Å². The van der Waals surface area contributed by atoms with Gasteiger partial charge in [-0.3, -0.25) is 9.59 Å². The fourth-order valence-corrected chi connectivity index (χ4v) is 4.97. The number of Topliss-reactive ketones (excluding diaryl/α,β-unsaturated/α-hetero) is 1. The van der Waals surface area contributed by atoms with Crippen LogP contribution in [0.5, 0.6) is 0 Å². The van der Waals surface area contributed by atoms with Crippen LogP contribution in [-0.2, 0) is 16.0 Å². The third-order valence-corrected chi connectivity index (χ3v) is 7.14. The molecule has 37 heavy (non-hydrogen) atoms. The van der Waals surface area contributed by atoms with E-state index in [1.165, 1.54) is 42.4 Å². The van der Waals surface area contributed by atoms with Crippen LogP contribution in [0.25, 0.3) is 11.8 Å². The molecule has 3 aromatic rings. The summed E-state index contributed by atoms with van der Waals surface area (Å²) in [5.41, 5.74) is 2.44. The minimum atomic E-state index is -0.651. The molecular formula is C28H31ClFN5O2. The monoisotopic (exact) mass is 523 g/mol. The van der Waals surface area contributed by atoms with Gasteiger partial charge in [-0.2, -0.15) is 4.68 Å². The van der Waals surface area contributed by atoms with E-state index in [0.29, 0.717) is 39.7 Å². The maximum Gasteiger partial charge on any atom is 0.244 e. The molecule has 1 aliphatic carbocycles. The molecule has 0 bridgehead atoms. The molecule has 1 N–H and O–H groups in total. The second kappa shape index (κ2) is 12.7. The van der Waals surface area contributed by atoms with Crippen molar-refractivity contribution in [1.82, 2.24) is 25.5 Å². The van der Waals surface area contributed by atoms with Crippen molar-refractivity contribution in [2.24, 2.45) is 5.92 Å². The Kier molecular flexibility index (Phi) is 9.17. The average molecular weight is 524 g/mol.